The Morgan fingerprint density at radius 3 is 1.08 bits per heavy atom. The van der Waals surface area contributed by atoms with Crippen molar-refractivity contribution < 1.29 is 0 Å². The maximum atomic E-state index is 5.35. The van der Waals surface area contributed by atoms with Crippen LogP contribution >= 0.6 is 0 Å². The van der Waals surface area contributed by atoms with Gasteiger partial charge in [0, 0.05) is 38.6 Å². The van der Waals surface area contributed by atoms with Gasteiger partial charge in [0.05, 0.1) is 16.7 Å². The van der Waals surface area contributed by atoms with Gasteiger partial charge in [-0.3, -0.25) is 0 Å². The fraction of sp³-hybridized carbons (Fsp3) is 0.0597. The van der Waals surface area contributed by atoms with Crippen LogP contribution in [0, 0.1) is 27.7 Å². The number of aryl methyl sites for hydroxylation is 4. The molecule has 0 saturated heterocycles. The molecule has 0 aliphatic heterocycles. The van der Waals surface area contributed by atoms with E-state index in [1.54, 1.807) is 0 Å². The second-order valence-electron chi connectivity index (χ2n) is 19.5. The second kappa shape index (κ2) is 19.9. The lowest BCUT2D eigenvalue weighted by molar-refractivity contribution is 0.928. The van der Waals surface area contributed by atoms with Crippen molar-refractivity contribution in [3.05, 3.63) is 254 Å². The monoisotopic (exact) mass is 1020 g/mol. The highest BCUT2D eigenvalue weighted by Crippen LogP contribution is 2.41. The van der Waals surface area contributed by atoms with Crippen LogP contribution in [0.2, 0.25) is 0 Å². The minimum Gasteiger partial charge on any atom is -0.308 e. The molecule has 4 aromatic heterocycles. The first-order valence-corrected chi connectivity index (χ1v) is 28.0. The van der Waals surface area contributed by atoms with E-state index in [1.807, 2.05) is 88.4 Å². The average molecular weight is 1020 g/mol. The first-order chi connectivity index (χ1) is 38.3. The highest BCUT2D eigenvalue weighted by Gasteiger charge is 2.41. The molecule has 0 bridgehead atoms. The van der Waals surface area contributed by atoms with Crippen molar-refractivity contribution in [1.29, 1.82) is 0 Å². The van der Waals surface area contributed by atoms with Crippen LogP contribution in [0.4, 0.5) is 0 Å². The van der Waals surface area contributed by atoms with E-state index in [0.29, 0.717) is 52.4 Å². The number of rotatable bonds is 11. The van der Waals surface area contributed by atoms with E-state index in [9.17, 15) is 0 Å². The topological polar surface area (TPSA) is 121 Å². The zero-order valence-electron chi connectivity index (χ0n) is 43.4. The van der Waals surface area contributed by atoms with Crippen molar-refractivity contribution in [2.75, 3.05) is 0 Å². The number of aromatic nitrogens is 10. The zero-order chi connectivity index (χ0) is 52.7. The Labute approximate surface area is 453 Å². The number of nitrogens with zero attached hydrogens (tertiary/aromatic N) is 10. The van der Waals surface area contributed by atoms with Crippen LogP contribution in [-0.2, 0) is 0 Å². The molecular formula is C67H50N10Si. The van der Waals surface area contributed by atoms with Gasteiger partial charge in [-0.15, -0.1) is 0 Å². The highest BCUT2D eigenvalue weighted by atomic mass is 28.3. The molecule has 0 N–H and O–H groups in total. The van der Waals surface area contributed by atoms with Crippen molar-refractivity contribution in [1.82, 2.24) is 49.4 Å². The summed E-state index contributed by atoms with van der Waals surface area (Å²) in [4.78, 5) is 44.1. The third kappa shape index (κ3) is 8.71. The van der Waals surface area contributed by atoms with Crippen LogP contribution in [0.15, 0.2) is 231 Å². The van der Waals surface area contributed by atoms with Gasteiger partial charge in [-0.25, -0.2) is 44.9 Å². The van der Waals surface area contributed by atoms with Crippen molar-refractivity contribution >= 4 is 50.6 Å². The van der Waals surface area contributed by atoms with Gasteiger partial charge in [-0.2, -0.15) is 0 Å². The summed E-state index contributed by atoms with van der Waals surface area (Å²) in [5.74, 6) is 5.55. The molecule has 11 heteroatoms. The molecule has 0 radical (unpaired) electrons. The van der Waals surface area contributed by atoms with E-state index >= 15 is 0 Å². The zero-order valence-corrected chi connectivity index (χ0v) is 44.4. The molecule has 372 valence electrons. The molecule has 13 rings (SSSR count). The smallest absolute Gasteiger partial charge is 0.179 e. The van der Waals surface area contributed by atoms with E-state index < -0.39 is 8.07 Å². The molecule has 0 unspecified atom stereocenters. The lowest BCUT2D eigenvalue weighted by Gasteiger charge is -2.34. The molecule has 0 fully saturated rings. The largest absolute Gasteiger partial charge is 0.308 e. The maximum Gasteiger partial charge on any atom is 0.179 e. The summed E-state index contributed by atoms with van der Waals surface area (Å²) in [6, 6.07) is 82.2. The van der Waals surface area contributed by atoms with Gasteiger partial charge in [0.2, 0.25) is 0 Å². The highest BCUT2D eigenvalue weighted by molar-refractivity contribution is 7.19. The van der Waals surface area contributed by atoms with Crippen LogP contribution in [0.25, 0.3) is 95.6 Å². The van der Waals surface area contributed by atoms with E-state index in [1.165, 1.54) is 20.7 Å². The molecule has 0 aliphatic carbocycles. The Bertz CT molecular complexity index is 4060. The SMILES string of the molecule is Cc1nc(C)nc(-c2ccc3c(c2)c2cc(-c4nc(C)nc(C)n4)ccc2n3-c2cc(-c3cccc([Si](c4ccccc4)(c4ccccc4)c4ccccc4)c3)ccc2-c2nc(-c3ccccc3)nc(-c3ccccc3)n2)n1. The summed E-state index contributed by atoms with van der Waals surface area (Å²) < 4.78 is 2.35. The molecule has 0 amide bonds. The second-order valence-corrected chi connectivity index (χ2v) is 23.3. The summed E-state index contributed by atoms with van der Waals surface area (Å²) in [7, 11) is -2.89. The quantitative estimate of drug-likeness (QED) is 0.0921. The van der Waals surface area contributed by atoms with Crippen molar-refractivity contribution in [3.63, 3.8) is 0 Å². The van der Waals surface area contributed by atoms with Crippen LogP contribution < -0.4 is 20.7 Å². The van der Waals surface area contributed by atoms with Gasteiger partial charge in [0.1, 0.15) is 23.3 Å². The molecule has 0 saturated carbocycles. The molecule has 0 spiro atoms. The van der Waals surface area contributed by atoms with E-state index in [0.717, 1.165) is 66.4 Å². The van der Waals surface area contributed by atoms with Crippen molar-refractivity contribution in [2.45, 2.75) is 27.7 Å². The third-order valence-electron chi connectivity index (χ3n) is 14.4. The fourth-order valence-corrected chi connectivity index (χ4v) is 15.9. The average Bonchev–Trinajstić information content (AvgIpc) is 4.04. The lowest BCUT2D eigenvalue weighted by Crippen LogP contribution is -2.74. The molecule has 0 atom stereocenters. The Kier molecular flexibility index (Phi) is 12.2. The summed E-state index contributed by atoms with van der Waals surface area (Å²) in [5, 5.41) is 7.19. The minimum atomic E-state index is -2.89. The first kappa shape index (κ1) is 47.7. The summed E-state index contributed by atoms with van der Waals surface area (Å²) >= 11 is 0. The van der Waals surface area contributed by atoms with E-state index in [2.05, 4.69) is 184 Å². The number of hydrogen-bond donors (Lipinski definition) is 0. The third-order valence-corrected chi connectivity index (χ3v) is 19.2. The van der Waals surface area contributed by atoms with Crippen molar-refractivity contribution in [2.24, 2.45) is 0 Å². The molecule has 9 aromatic carbocycles. The fourth-order valence-electron chi connectivity index (χ4n) is 11.1. The van der Waals surface area contributed by atoms with Gasteiger partial charge < -0.3 is 4.57 Å². The molecule has 13 aromatic rings. The van der Waals surface area contributed by atoms with Gasteiger partial charge in [0.15, 0.2) is 37.2 Å². The number of hydrogen-bond acceptors (Lipinski definition) is 9. The maximum absolute atomic E-state index is 5.35. The van der Waals surface area contributed by atoms with E-state index in [-0.39, 0.29) is 0 Å². The summed E-state index contributed by atoms with van der Waals surface area (Å²) in [5.41, 5.74) is 9.28. The van der Waals surface area contributed by atoms with Gasteiger partial charge in [0.25, 0.3) is 0 Å². The normalized spacial score (nSPS) is 11.6. The predicted molar refractivity (Wildman–Crippen MR) is 316 cm³/mol. The Morgan fingerprint density at radius 1 is 0.269 bits per heavy atom. The van der Waals surface area contributed by atoms with Crippen LogP contribution in [0.3, 0.4) is 0 Å². The summed E-state index contributed by atoms with van der Waals surface area (Å²) in [6.45, 7) is 7.61. The molecule has 78 heavy (non-hydrogen) atoms. The Balaban J connectivity index is 1.10. The van der Waals surface area contributed by atoms with E-state index in [4.69, 9.17) is 34.9 Å². The number of fused-ring (bicyclic) bond motifs is 3. The van der Waals surface area contributed by atoms with Gasteiger partial charge >= 0.3 is 0 Å². The molecule has 10 nitrogen and oxygen atoms in total. The standard InChI is InChI=1S/C67H50N10Si/c1-43-68-44(2)71-65(70-43)51-34-37-60-58(40-51)59-41-52(66-72-45(3)69-46(4)73-66)35-38-61(59)77(60)62-42-50(33-36-57(62)67-75-63(47-21-10-5-11-22-47)74-64(76-67)48-23-12-6-13-24-48)49-25-20-32-56(39-49)78(53-26-14-7-15-27-53,54-28-16-8-17-29-54)55-30-18-9-19-31-55/h5-42H,1-4H3. The van der Waals surface area contributed by atoms with Crippen LogP contribution in [-0.4, -0.2) is 57.5 Å². The predicted octanol–water partition coefficient (Wildman–Crippen LogP) is 12.0. The molecular weight excluding hydrogens is 973 g/mol. The number of benzene rings is 9. The summed E-state index contributed by atoms with van der Waals surface area (Å²) in [6.07, 6.45) is 0. The minimum absolute atomic E-state index is 0.539. The first-order valence-electron chi connectivity index (χ1n) is 26.0. The Hall–Kier alpha value is -9.97. The molecule has 0 aliphatic rings. The van der Waals surface area contributed by atoms with Crippen LogP contribution in [0.1, 0.15) is 23.3 Å². The Morgan fingerprint density at radius 2 is 0.628 bits per heavy atom. The van der Waals surface area contributed by atoms with Gasteiger partial charge in [-0.1, -0.05) is 182 Å². The lowest BCUT2D eigenvalue weighted by atomic mass is 10.0. The van der Waals surface area contributed by atoms with Crippen LogP contribution in [0.5, 0.6) is 0 Å². The molecule has 4 heterocycles. The van der Waals surface area contributed by atoms with Gasteiger partial charge in [-0.05, 0) is 108 Å². The van der Waals surface area contributed by atoms with Crippen molar-refractivity contribution in [3.8, 4) is 73.8 Å².